The predicted molar refractivity (Wildman–Crippen MR) is 111 cm³/mol. The van der Waals surface area contributed by atoms with Crippen LogP contribution in [-0.4, -0.2) is 50.6 Å². The Balaban J connectivity index is 1.70. The van der Waals surface area contributed by atoms with Gasteiger partial charge in [-0.15, -0.1) is 0 Å². The summed E-state index contributed by atoms with van der Waals surface area (Å²) in [6, 6.07) is 9.32. The molecule has 1 aromatic rings. The largest absolute Gasteiger partial charge is 0.356 e. The third-order valence-electron chi connectivity index (χ3n) is 5.22. The van der Waals surface area contributed by atoms with E-state index in [-0.39, 0.29) is 5.41 Å². The molecule has 5 heteroatoms. The van der Waals surface area contributed by atoms with E-state index >= 15 is 0 Å². The van der Waals surface area contributed by atoms with Crippen molar-refractivity contribution in [2.75, 3.05) is 33.7 Å². The quantitative estimate of drug-likeness (QED) is 0.371. The van der Waals surface area contributed by atoms with E-state index in [1.807, 2.05) is 7.05 Å². The van der Waals surface area contributed by atoms with Crippen molar-refractivity contribution in [1.82, 2.24) is 15.5 Å². The topological polar surface area (TPSA) is 39.7 Å². The number of hydrogen-bond acceptors (Lipinski definition) is 2. The Labute approximate surface area is 161 Å². The monoisotopic (exact) mass is 408 g/mol. The molecule has 2 N–H and O–H groups in total. The fourth-order valence-corrected chi connectivity index (χ4v) is 3.36. The van der Waals surface area contributed by atoms with Crippen LogP contribution in [0, 0.1) is 0 Å². The molecule has 140 valence electrons. The Kier molecular flexibility index (Phi) is 7.76. The standard InChI is InChI=1S/C20H33BrN4/c1-16(2)25(4)13-6-5-12-23-19(22-3)24-15-20(10-11-20)17-8-7-9-18(21)14-17/h7-9,14,16H,5-6,10-13,15H2,1-4H3,(H2,22,23,24). The molecule has 0 bridgehead atoms. The maximum absolute atomic E-state index is 4.37. The highest BCUT2D eigenvalue weighted by atomic mass is 79.9. The number of guanidine groups is 1. The van der Waals surface area contributed by atoms with Gasteiger partial charge in [-0.25, -0.2) is 0 Å². The van der Waals surface area contributed by atoms with Crippen LogP contribution in [0.5, 0.6) is 0 Å². The minimum absolute atomic E-state index is 0.279. The lowest BCUT2D eigenvalue weighted by molar-refractivity contribution is 0.268. The van der Waals surface area contributed by atoms with Crippen LogP contribution in [0.2, 0.25) is 0 Å². The Morgan fingerprint density at radius 3 is 2.64 bits per heavy atom. The average Bonchev–Trinajstić information content (AvgIpc) is 3.38. The summed E-state index contributed by atoms with van der Waals surface area (Å²) in [5.41, 5.74) is 1.70. The fraction of sp³-hybridized carbons (Fsp3) is 0.650. The lowest BCUT2D eigenvalue weighted by Gasteiger charge is -2.21. The Hall–Kier alpha value is -1.07. The minimum Gasteiger partial charge on any atom is -0.356 e. The number of hydrogen-bond donors (Lipinski definition) is 2. The van der Waals surface area contributed by atoms with Gasteiger partial charge in [-0.05, 0) is 70.8 Å². The van der Waals surface area contributed by atoms with Crippen LogP contribution >= 0.6 is 15.9 Å². The first-order valence-corrected chi connectivity index (χ1v) is 10.2. The van der Waals surface area contributed by atoms with Crippen LogP contribution in [0.4, 0.5) is 0 Å². The average molecular weight is 409 g/mol. The van der Waals surface area contributed by atoms with Crippen LogP contribution in [-0.2, 0) is 5.41 Å². The molecule has 0 unspecified atom stereocenters. The van der Waals surface area contributed by atoms with Crippen LogP contribution < -0.4 is 10.6 Å². The summed E-state index contributed by atoms with van der Waals surface area (Å²) in [4.78, 5) is 6.76. The van der Waals surface area contributed by atoms with Gasteiger partial charge in [0.25, 0.3) is 0 Å². The van der Waals surface area contributed by atoms with Gasteiger partial charge in [-0.3, -0.25) is 4.99 Å². The third kappa shape index (κ3) is 6.30. The number of nitrogens with zero attached hydrogens (tertiary/aromatic N) is 2. The number of aliphatic imine (C=N–C) groups is 1. The molecule has 0 heterocycles. The van der Waals surface area contributed by atoms with E-state index in [0.717, 1.165) is 36.5 Å². The van der Waals surface area contributed by atoms with Crippen molar-refractivity contribution < 1.29 is 0 Å². The molecule has 1 aliphatic rings. The van der Waals surface area contributed by atoms with Gasteiger partial charge in [0.05, 0.1) is 0 Å². The summed E-state index contributed by atoms with van der Waals surface area (Å²) in [6.45, 7) is 7.54. The van der Waals surface area contributed by atoms with Gasteiger partial charge >= 0.3 is 0 Å². The van der Waals surface area contributed by atoms with Gasteiger partial charge < -0.3 is 15.5 Å². The molecule has 4 nitrogen and oxygen atoms in total. The normalized spacial score (nSPS) is 16.4. The van der Waals surface area contributed by atoms with Crippen LogP contribution in [0.3, 0.4) is 0 Å². The third-order valence-corrected chi connectivity index (χ3v) is 5.71. The summed E-state index contributed by atoms with van der Waals surface area (Å²) >= 11 is 3.58. The van der Waals surface area contributed by atoms with E-state index in [1.54, 1.807) is 0 Å². The molecule has 0 aliphatic heterocycles. The second-order valence-electron chi connectivity index (χ2n) is 7.42. The first-order valence-electron chi connectivity index (χ1n) is 9.38. The van der Waals surface area contributed by atoms with Crippen molar-refractivity contribution >= 4 is 21.9 Å². The zero-order chi connectivity index (χ0) is 18.3. The number of benzene rings is 1. The zero-order valence-corrected chi connectivity index (χ0v) is 17.7. The van der Waals surface area contributed by atoms with E-state index in [2.05, 4.69) is 81.6 Å². The lowest BCUT2D eigenvalue weighted by atomic mass is 9.96. The van der Waals surface area contributed by atoms with Crippen molar-refractivity contribution in [2.24, 2.45) is 4.99 Å². The van der Waals surface area contributed by atoms with Gasteiger partial charge in [0.15, 0.2) is 5.96 Å². The molecule has 0 saturated heterocycles. The zero-order valence-electron chi connectivity index (χ0n) is 16.1. The lowest BCUT2D eigenvalue weighted by Crippen LogP contribution is -2.41. The van der Waals surface area contributed by atoms with Gasteiger partial charge in [0, 0.05) is 36.1 Å². The van der Waals surface area contributed by atoms with Crippen molar-refractivity contribution in [3.05, 3.63) is 34.3 Å². The molecule has 2 rings (SSSR count). The molecule has 1 aliphatic carbocycles. The summed E-state index contributed by atoms with van der Waals surface area (Å²) in [7, 11) is 4.04. The van der Waals surface area contributed by atoms with Gasteiger partial charge in [0.1, 0.15) is 0 Å². The molecule has 1 fully saturated rings. The Morgan fingerprint density at radius 1 is 1.28 bits per heavy atom. The number of halogens is 1. The maximum atomic E-state index is 4.37. The van der Waals surface area contributed by atoms with Crippen molar-refractivity contribution in [3.63, 3.8) is 0 Å². The molecule has 0 radical (unpaired) electrons. The summed E-state index contributed by atoms with van der Waals surface area (Å²) in [5, 5.41) is 6.97. The van der Waals surface area contributed by atoms with Crippen molar-refractivity contribution in [3.8, 4) is 0 Å². The molecule has 25 heavy (non-hydrogen) atoms. The molecule has 0 aromatic heterocycles. The highest BCUT2D eigenvalue weighted by molar-refractivity contribution is 9.10. The number of unbranched alkanes of at least 4 members (excludes halogenated alkanes) is 1. The number of rotatable bonds is 9. The highest BCUT2D eigenvalue weighted by Gasteiger charge is 2.44. The van der Waals surface area contributed by atoms with E-state index in [1.165, 1.54) is 24.8 Å². The SMILES string of the molecule is CN=C(NCCCCN(C)C(C)C)NCC1(c2cccc(Br)c2)CC1. The molecule has 0 atom stereocenters. The second-order valence-corrected chi connectivity index (χ2v) is 8.34. The van der Waals surface area contributed by atoms with Crippen LogP contribution in [0.25, 0.3) is 0 Å². The fourth-order valence-electron chi connectivity index (χ4n) is 2.96. The van der Waals surface area contributed by atoms with Crippen LogP contribution in [0.15, 0.2) is 33.7 Å². The van der Waals surface area contributed by atoms with E-state index in [9.17, 15) is 0 Å². The minimum atomic E-state index is 0.279. The molecule has 0 amide bonds. The first kappa shape index (κ1) is 20.2. The first-order chi connectivity index (χ1) is 12.0. The van der Waals surface area contributed by atoms with Crippen molar-refractivity contribution in [1.29, 1.82) is 0 Å². The van der Waals surface area contributed by atoms with Gasteiger partial charge in [0.2, 0.25) is 0 Å². The van der Waals surface area contributed by atoms with E-state index in [0.29, 0.717) is 6.04 Å². The van der Waals surface area contributed by atoms with E-state index in [4.69, 9.17) is 0 Å². The highest BCUT2D eigenvalue weighted by Crippen LogP contribution is 2.48. The predicted octanol–water partition coefficient (Wildman–Crippen LogP) is 3.77. The van der Waals surface area contributed by atoms with Gasteiger partial charge in [-0.2, -0.15) is 0 Å². The summed E-state index contributed by atoms with van der Waals surface area (Å²) in [5.74, 6) is 0.915. The summed E-state index contributed by atoms with van der Waals surface area (Å²) < 4.78 is 1.16. The van der Waals surface area contributed by atoms with Gasteiger partial charge in [-0.1, -0.05) is 28.1 Å². The molecule has 0 spiro atoms. The Bertz CT molecular complexity index is 567. The second kappa shape index (κ2) is 9.58. The van der Waals surface area contributed by atoms with Crippen molar-refractivity contribution in [2.45, 2.75) is 51.0 Å². The molecular formula is C20H33BrN4. The van der Waals surface area contributed by atoms with Crippen LogP contribution in [0.1, 0.15) is 45.1 Å². The maximum Gasteiger partial charge on any atom is 0.191 e. The number of nitrogens with one attached hydrogen (secondary N) is 2. The van der Waals surface area contributed by atoms with E-state index < -0.39 is 0 Å². The molecule has 1 saturated carbocycles. The molecular weight excluding hydrogens is 376 g/mol. The molecule has 1 aromatic carbocycles. The smallest absolute Gasteiger partial charge is 0.191 e. The summed E-state index contributed by atoms with van der Waals surface area (Å²) in [6.07, 6.45) is 4.86. The Morgan fingerprint density at radius 2 is 2.04 bits per heavy atom.